The molecule has 1 aromatic rings. The molecule has 0 amide bonds. The van der Waals surface area contributed by atoms with Crippen LogP contribution >= 0.6 is 0 Å². The lowest BCUT2D eigenvalue weighted by atomic mass is 10.2. The third kappa shape index (κ3) is 1.51. The van der Waals surface area contributed by atoms with Crippen LogP contribution in [-0.4, -0.2) is 12.0 Å². The lowest BCUT2D eigenvalue weighted by Crippen LogP contribution is -1.99. The SMILES string of the molecule is COc1c([N+](=O)[O-])ccc(N)c1F. The maximum Gasteiger partial charge on any atom is 0.314 e. The number of nitrogens with two attached hydrogens (primary N) is 1. The van der Waals surface area contributed by atoms with E-state index < -0.39 is 22.2 Å². The molecule has 70 valence electrons. The zero-order chi connectivity index (χ0) is 10.0. The number of methoxy groups -OCH3 is 1. The van der Waals surface area contributed by atoms with Gasteiger partial charge in [0.2, 0.25) is 5.75 Å². The van der Waals surface area contributed by atoms with Crippen molar-refractivity contribution in [2.24, 2.45) is 0 Å². The molecule has 0 aliphatic rings. The number of halogens is 1. The number of ether oxygens (including phenoxy) is 1. The fraction of sp³-hybridized carbons (Fsp3) is 0.143. The molecule has 0 saturated carbocycles. The van der Waals surface area contributed by atoms with Crippen LogP contribution in [0.3, 0.4) is 0 Å². The summed E-state index contributed by atoms with van der Waals surface area (Å²) in [7, 11) is 1.14. The van der Waals surface area contributed by atoms with Crippen LogP contribution in [0.25, 0.3) is 0 Å². The molecule has 0 bridgehead atoms. The second-order valence-corrected chi connectivity index (χ2v) is 2.28. The molecule has 5 nitrogen and oxygen atoms in total. The van der Waals surface area contributed by atoms with E-state index in [2.05, 4.69) is 4.74 Å². The van der Waals surface area contributed by atoms with E-state index in [1.54, 1.807) is 0 Å². The average Bonchev–Trinajstić information content (AvgIpc) is 2.09. The molecule has 0 aliphatic heterocycles. The lowest BCUT2D eigenvalue weighted by Gasteiger charge is -2.03. The zero-order valence-corrected chi connectivity index (χ0v) is 6.78. The van der Waals surface area contributed by atoms with Crippen LogP contribution in [-0.2, 0) is 0 Å². The highest BCUT2D eigenvalue weighted by Crippen LogP contribution is 2.32. The Morgan fingerprint density at radius 1 is 1.62 bits per heavy atom. The molecule has 1 aromatic carbocycles. The molecule has 0 fully saturated rings. The van der Waals surface area contributed by atoms with Crippen LogP contribution in [0.15, 0.2) is 12.1 Å². The molecule has 0 atom stereocenters. The molecule has 13 heavy (non-hydrogen) atoms. The lowest BCUT2D eigenvalue weighted by molar-refractivity contribution is -0.386. The van der Waals surface area contributed by atoms with Gasteiger partial charge in [-0.15, -0.1) is 0 Å². The Morgan fingerprint density at radius 2 is 2.23 bits per heavy atom. The summed E-state index contributed by atoms with van der Waals surface area (Å²) in [5.41, 5.74) is 4.57. The van der Waals surface area contributed by atoms with Crippen molar-refractivity contribution >= 4 is 11.4 Å². The molecule has 2 N–H and O–H groups in total. The minimum atomic E-state index is -0.906. The third-order valence-electron chi connectivity index (χ3n) is 1.51. The van der Waals surface area contributed by atoms with Crippen molar-refractivity contribution in [2.75, 3.05) is 12.8 Å². The summed E-state index contributed by atoms with van der Waals surface area (Å²) in [5.74, 6) is -1.35. The molecule has 0 spiro atoms. The van der Waals surface area contributed by atoms with Gasteiger partial charge in [0, 0.05) is 6.07 Å². The summed E-state index contributed by atoms with van der Waals surface area (Å²) < 4.78 is 17.6. The predicted octanol–water partition coefficient (Wildman–Crippen LogP) is 1.32. The smallest absolute Gasteiger partial charge is 0.314 e. The highest BCUT2D eigenvalue weighted by molar-refractivity contribution is 5.57. The van der Waals surface area contributed by atoms with E-state index in [0.717, 1.165) is 19.2 Å². The van der Waals surface area contributed by atoms with Crippen LogP contribution in [0.4, 0.5) is 15.8 Å². The standard InChI is InChI=1S/C7H7FN2O3/c1-13-7-5(10(11)12)3-2-4(9)6(7)8/h2-3H,9H2,1H3. The monoisotopic (exact) mass is 186 g/mol. The number of nitro groups is 1. The van der Waals surface area contributed by atoms with E-state index in [0.29, 0.717) is 0 Å². The Balaban J connectivity index is 3.38. The molecule has 0 unspecified atom stereocenters. The van der Waals surface area contributed by atoms with Gasteiger partial charge >= 0.3 is 5.69 Å². The van der Waals surface area contributed by atoms with Crippen LogP contribution in [0.5, 0.6) is 5.75 Å². The Morgan fingerprint density at radius 3 is 2.69 bits per heavy atom. The number of nitrogens with zero attached hydrogens (tertiary/aromatic N) is 1. The molecule has 0 radical (unpaired) electrons. The minimum absolute atomic E-state index is 0.178. The zero-order valence-electron chi connectivity index (χ0n) is 6.78. The Labute approximate surface area is 73.1 Å². The maximum atomic E-state index is 13.1. The average molecular weight is 186 g/mol. The van der Waals surface area contributed by atoms with E-state index in [-0.39, 0.29) is 5.69 Å². The van der Waals surface area contributed by atoms with Crippen LogP contribution in [0, 0.1) is 15.9 Å². The number of hydrogen-bond acceptors (Lipinski definition) is 4. The van der Waals surface area contributed by atoms with Gasteiger partial charge in [-0.2, -0.15) is 0 Å². The molecule has 0 aromatic heterocycles. The summed E-state index contributed by atoms with van der Waals surface area (Å²) in [4.78, 5) is 9.63. The van der Waals surface area contributed by atoms with Gasteiger partial charge in [0.25, 0.3) is 0 Å². The fourth-order valence-corrected chi connectivity index (χ4v) is 0.899. The topological polar surface area (TPSA) is 78.4 Å². The van der Waals surface area contributed by atoms with Crippen molar-refractivity contribution in [1.82, 2.24) is 0 Å². The van der Waals surface area contributed by atoms with E-state index in [1.807, 2.05) is 0 Å². The molecular weight excluding hydrogens is 179 g/mol. The highest BCUT2D eigenvalue weighted by Gasteiger charge is 2.20. The number of hydrogen-bond donors (Lipinski definition) is 1. The molecule has 6 heteroatoms. The van der Waals surface area contributed by atoms with E-state index >= 15 is 0 Å². The number of benzene rings is 1. The third-order valence-corrected chi connectivity index (χ3v) is 1.51. The van der Waals surface area contributed by atoms with Crippen molar-refractivity contribution in [3.8, 4) is 5.75 Å². The number of nitrogen functional groups attached to an aromatic ring is 1. The first-order chi connectivity index (χ1) is 6.07. The van der Waals surface area contributed by atoms with Gasteiger partial charge in [-0.3, -0.25) is 10.1 Å². The normalized spacial score (nSPS) is 9.69. The van der Waals surface area contributed by atoms with Crippen LogP contribution in [0.1, 0.15) is 0 Å². The summed E-state index contributed by atoms with van der Waals surface area (Å²) in [6, 6.07) is 2.22. The van der Waals surface area contributed by atoms with E-state index in [1.165, 1.54) is 0 Å². The first-order valence-corrected chi connectivity index (χ1v) is 3.34. The first kappa shape index (κ1) is 9.24. The van der Waals surface area contributed by atoms with E-state index in [9.17, 15) is 14.5 Å². The molecule has 1 rings (SSSR count). The van der Waals surface area contributed by atoms with E-state index in [4.69, 9.17) is 5.73 Å². The second kappa shape index (κ2) is 3.26. The molecule has 0 heterocycles. The van der Waals surface area contributed by atoms with Crippen LogP contribution in [0.2, 0.25) is 0 Å². The minimum Gasteiger partial charge on any atom is -0.488 e. The van der Waals surface area contributed by atoms with Crippen molar-refractivity contribution < 1.29 is 14.1 Å². The highest BCUT2D eigenvalue weighted by atomic mass is 19.1. The summed E-state index contributed by atoms with van der Waals surface area (Å²) in [6.07, 6.45) is 0. The van der Waals surface area contributed by atoms with Crippen molar-refractivity contribution in [2.45, 2.75) is 0 Å². The summed E-state index contributed by atoms with van der Waals surface area (Å²) >= 11 is 0. The van der Waals surface area contributed by atoms with Crippen molar-refractivity contribution in [1.29, 1.82) is 0 Å². The van der Waals surface area contributed by atoms with Gasteiger partial charge in [0.15, 0.2) is 5.82 Å². The van der Waals surface area contributed by atoms with Gasteiger partial charge in [0.1, 0.15) is 0 Å². The summed E-state index contributed by atoms with van der Waals surface area (Å²) in [5, 5.41) is 10.4. The maximum absolute atomic E-state index is 13.1. The van der Waals surface area contributed by atoms with Crippen molar-refractivity contribution in [3.05, 3.63) is 28.1 Å². The number of anilines is 1. The fourth-order valence-electron chi connectivity index (χ4n) is 0.899. The largest absolute Gasteiger partial charge is 0.488 e. The Bertz CT molecular complexity index is 354. The van der Waals surface area contributed by atoms with Crippen molar-refractivity contribution in [3.63, 3.8) is 0 Å². The van der Waals surface area contributed by atoms with Crippen LogP contribution < -0.4 is 10.5 Å². The molecule has 0 aliphatic carbocycles. The quantitative estimate of drug-likeness (QED) is 0.429. The van der Waals surface area contributed by atoms with Gasteiger partial charge in [-0.25, -0.2) is 4.39 Å². The summed E-state index contributed by atoms with van der Waals surface area (Å²) in [6.45, 7) is 0. The molecular formula is C7H7FN2O3. The first-order valence-electron chi connectivity index (χ1n) is 3.34. The predicted molar refractivity (Wildman–Crippen MR) is 44.0 cm³/mol. The van der Waals surface area contributed by atoms with Gasteiger partial charge < -0.3 is 10.5 Å². The number of rotatable bonds is 2. The Hall–Kier alpha value is -1.85. The second-order valence-electron chi connectivity index (χ2n) is 2.28. The number of nitro benzene ring substituents is 1. The van der Waals surface area contributed by atoms with Gasteiger partial charge in [-0.1, -0.05) is 0 Å². The van der Waals surface area contributed by atoms with Gasteiger partial charge in [-0.05, 0) is 6.07 Å². The molecule has 0 saturated heterocycles. The Kier molecular flexibility index (Phi) is 2.32. The van der Waals surface area contributed by atoms with Gasteiger partial charge in [0.05, 0.1) is 17.7 Å².